The number of nitrogens with zero attached hydrogens (tertiary/aromatic N) is 3. The van der Waals surface area contributed by atoms with Crippen LogP contribution in [0.5, 0.6) is 0 Å². The second-order valence-corrected chi connectivity index (χ2v) is 7.99. The summed E-state index contributed by atoms with van der Waals surface area (Å²) in [4.78, 5) is 40.1. The molecule has 0 bridgehead atoms. The maximum atomic E-state index is 14.5. The van der Waals surface area contributed by atoms with Gasteiger partial charge in [0.25, 0.3) is 11.5 Å². The molecule has 1 saturated heterocycles. The summed E-state index contributed by atoms with van der Waals surface area (Å²) in [5, 5.41) is 6.51. The van der Waals surface area contributed by atoms with Crippen molar-refractivity contribution in [3.63, 3.8) is 0 Å². The van der Waals surface area contributed by atoms with Crippen molar-refractivity contribution in [3.05, 3.63) is 92.4 Å². The van der Waals surface area contributed by atoms with E-state index in [1.165, 1.54) is 46.2 Å². The van der Waals surface area contributed by atoms with Gasteiger partial charge < -0.3 is 9.80 Å². The third-order valence-electron chi connectivity index (χ3n) is 5.91. The molecule has 1 aliphatic heterocycles. The van der Waals surface area contributed by atoms with Crippen molar-refractivity contribution in [1.82, 2.24) is 15.1 Å². The molecule has 1 aliphatic rings. The first kappa shape index (κ1) is 22.3. The number of halogens is 2. The minimum atomic E-state index is -0.681. The van der Waals surface area contributed by atoms with Crippen LogP contribution in [0.1, 0.15) is 32.7 Å². The smallest absolute Gasteiger partial charge is 0.267 e. The normalized spacial score (nSPS) is 14.0. The number of aromatic nitrogens is 2. The number of carbonyl (C=O) groups excluding carboxylic acids is 2. The molecular weight excluding hydrogens is 430 g/mol. The van der Waals surface area contributed by atoms with Crippen LogP contribution in [0.25, 0.3) is 0 Å². The molecule has 170 valence electrons. The van der Waals surface area contributed by atoms with Crippen molar-refractivity contribution in [2.45, 2.75) is 20.3 Å². The molecule has 0 aliphatic carbocycles. The number of rotatable bonds is 4. The molecule has 3 aromatic rings. The maximum Gasteiger partial charge on any atom is 0.267 e. The summed E-state index contributed by atoms with van der Waals surface area (Å²) in [6.07, 6.45) is 0.307. The number of hydrogen-bond acceptors (Lipinski definition) is 4. The monoisotopic (exact) mass is 452 g/mol. The van der Waals surface area contributed by atoms with Crippen molar-refractivity contribution in [3.8, 4) is 0 Å². The zero-order valence-corrected chi connectivity index (χ0v) is 18.2. The molecule has 4 rings (SSSR count). The van der Waals surface area contributed by atoms with E-state index in [2.05, 4.69) is 10.2 Å². The molecule has 2 aromatic carbocycles. The molecule has 7 nitrogen and oxygen atoms in total. The van der Waals surface area contributed by atoms with Crippen LogP contribution in [0.3, 0.4) is 0 Å². The van der Waals surface area contributed by atoms with Crippen molar-refractivity contribution in [1.29, 1.82) is 0 Å². The van der Waals surface area contributed by atoms with Gasteiger partial charge in [0, 0.05) is 30.8 Å². The molecule has 2 heterocycles. The number of nitrogens with one attached hydrogen (secondary N) is 1. The standard InChI is InChI=1S/C24H22F2N4O3/c1-14-15(2)23(32)28-27-21(14)12-16-3-8-20(26)19(11-16)24(33)29-9-10-30(22(31)13-29)18-6-4-17(25)5-7-18/h3-8,11H,9-10,12-13H2,1-2H3,(H,28,32). The van der Waals surface area contributed by atoms with Crippen molar-refractivity contribution < 1.29 is 18.4 Å². The third-order valence-corrected chi connectivity index (χ3v) is 5.91. The Hall–Kier alpha value is -3.88. The van der Waals surface area contributed by atoms with E-state index in [9.17, 15) is 23.2 Å². The zero-order valence-electron chi connectivity index (χ0n) is 18.2. The summed E-state index contributed by atoms with van der Waals surface area (Å²) in [7, 11) is 0. The molecule has 0 spiro atoms. The lowest BCUT2D eigenvalue weighted by Crippen LogP contribution is -2.52. The van der Waals surface area contributed by atoms with E-state index in [0.29, 0.717) is 28.9 Å². The highest BCUT2D eigenvalue weighted by molar-refractivity contribution is 6.01. The molecule has 1 fully saturated rings. The van der Waals surface area contributed by atoms with Gasteiger partial charge in [-0.3, -0.25) is 14.4 Å². The predicted octanol–water partition coefficient (Wildman–Crippen LogP) is 2.74. The number of piperazine rings is 1. The lowest BCUT2D eigenvalue weighted by molar-refractivity contribution is -0.120. The molecular formula is C24H22F2N4O3. The quantitative estimate of drug-likeness (QED) is 0.660. The van der Waals surface area contributed by atoms with Gasteiger partial charge in [0.05, 0.1) is 11.3 Å². The third kappa shape index (κ3) is 4.52. The fourth-order valence-corrected chi connectivity index (χ4v) is 3.80. The largest absolute Gasteiger partial charge is 0.327 e. The van der Waals surface area contributed by atoms with E-state index in [1.807, 2.05) is 0 Å². The van der Waals surface area contributed by atoms with Crippen molar-refractivity contribution >= 4 is 17.5 Å². The van der Waals surface area contributed by atoms with E-state index in [0.717, 1.165) is 5.56 Å². The molecule has 1 N–H and O–H groups in total. The summed E-state index contributed by atoms with van der Waals surface area (Å²) in [5.41, 5.74) is 2.71. The molecule has 0 atom stereocenters. The number of amides is 2. The molecule has 33 heavy (non-hydrogen) atoms. The van der Waals surface area contributed by atoms with Gasteiger partial charge in [-0.15, -0.1) is 0 Å². The highest BCUT2D eigenvalue weighted by atomic mass is 19.1. The molecule has 2 amide bonds. The molecule has 1 aromatic heterocycles. The van der Waals surface area contributed by atoms with Crippen LogP contribution in [0.15, 0.2) is 47.3 Å². The zero-order chi connectivity index (χ0) is 23.7. The Labute approximate surface area is 188 Å². The van der Waals surface area contributed by atoms with E-state index in [4.69, 9.17) is 0 Å². The average Bonchev–Trinajstić information content (AvgIpc) is 2.81. The Morgan fingerprint density at radius 1 is 1.03 bits per heavy atom. The van der Waals surface area contributed by atoms with Crippen LogP contribution in [0.4, 0.5) is 14.5 Å². The Morgan fingerprint density at radius 2 is 1.76 bits per heavy atom. The van der Waals surface area contributed by atoms with Gasteiger partial charge in [-0.1, -0.05) is 6.07 Å². The predicted molar refractivity (Wildman–Crippen MR) is 118 cm³/mol. The number of H-pyrrole nitrogens is 1. The van der Waals surface area contributed by atoms with Crippen molar-refractivity contribution in [2.24, 2.45) is 0 Å². The highest BCUT2D eigenvalue weighted by Crippen LogP contribution is 2.21. The van der Waals surface area contributed by atoms with Gasteiger partial charge in [-0.25, -0.2) is 13.9 Å². The lowest BCUT2D eigenvalue weighted by Gasteiger charge is -2.34. The van der Waals surface area contributed by atoms with Gasteiger partial charge >= 0.3 is 0 Å². The van der Waals surface area contributed by atoms with Crippen LogP contribution < -0.4 is 10.5 Å². The summed E-state index contributed by atoms with van der Waals surface area (Å²) in [5.74, 6) is -2.00. The van der Waals surface area contributed by atoms with Crippen molar-refractivity contribution in [2.75, 3.05) is 24.5 Å². The van der Waals surface area contributed by atoms with Crippen LogP contribution in [0.2, 0.25) is 0 Å². The average molecular weight is 452 g/mol. The Bertz CT molecular complexity index is 1290. The lowest BCUT2D eigenvalue weighted by atomic mass is 10.0. The number of hydrogen-bond donors (Lipinski definition) is 1. The van der Waals surface area contributed by atoms with Gasteiger partial charge in [0.1, 0.15) is 18.2 Å². The first-order valence-corrected chi connectivity index (χ1v) is 10.4. The van der Waals surface area contributed by atoms with Crippen LogP contribution in [-0.4, -0.2) is 46.5 Å². The molecule has 0 saturated carbocycles. The van der Waals surface area contributed by atoms with E-state index in [1.54, 1.807) is 19.9 Å². The van der Waals surface area contributed by atoms with Gasteiger partial charge in [0.15, 0.2) is 0 Å². The number of carbonyl (C=O) groups is 2. The van der Waals surface area contributed by atoms with Crippen LogP contribution in [-0.2, 0) is 11.2 Å². The summed E-state index contributed by atoms with van der Waals surface area (Å²) in [6, 6.07) is 9.77. The molecule has 0 radical (unpaired) electrons. The number of anilines is 1. The highest BCUT2D eigenvalue weighted by Gasteiger charge is 2.30. The van der Waals surface area contributed by atoms with Gasteiger partial charge in [0.2, 0.25) is 5.91 Å². The topological polar surface area (TPSA) is 86.4 Å². The SMILES string of the molecule is Cc1c(Cc2ccc(F)c(C(=O)N3CCN(c4ccc(F)cc4)C(=O)C3)c2)n[nH]c(=O)c1C. The molecule has 0 unspecified atom stereocenters. The van der Waals surface area contributed by atoms with Crippen LogP contribution in [0, 0.1) is 25.5 Å². The Morgan fingerprint density at radius 3 is 2.45 bits per heavy atom. The summed E-state index contributed by atoms with van der Waals surface area (Å²) in [6.45, 7) is 3.71. The van der Waals surface area contributed by atoms with Gasteiger partial charge in [-0.2, -0.15) is 5.10 Å². The second-order valence-electron chi connectivity index (χ2n) is 7.99. The van der Waals surface area contributed by atoms with Crippen LogP contribution >= 0.6 is 0 Å². The van der Waals surface area contributed by atoms with E-state index < -0.39 is 17.5 Å². The maximum absolute atomic E-state index is 14.5. The van der Waals surface area contributed by atoms with E-state index >= 15 is 0 Å². The second kappa shape index (κ2) is 8.93. The summed E-state index contributed by atoms with van der Waals surface area (Å²) >= 11 is 0. The van der Waals surface area contributed by atoms with E-state index in [-0.39, 0.29) is 36.7 Å². The fraction of sp³-hybridized carbons (Fsp3) is 0.250. The number of benzene rings is 2. The fourth-order valence-electron chi connectivity index (χ4n) is 3.80. The Kier molecular flexibility index (Phi) is 6.04. The Balaban J connectivity index is 1.52. The number of aromatic amines is 1. The molecule has 9 heteroatoms. The summed E-state index contributed by atoms with van der Waals surface area (Å²) < 4.78 is 27.7. The first-order chi connectivity index (χ1) is 15.7. The van der Waals surface area contributed by atoms with Gasteiger partial charge in [-0.05, 0) is 61.4 Å². The minimum Gasteiger partial charge on any atom is -0.327 e. The first-order valence-electron chi connectivity index (χ1n) is 10.4. The minimum absolute atomic E-state index is 0.130.